The molecule has 7 heteroatoms. The topological polar surface area (TPSA) is 59.1 Å². The van der Waals surface area contributed by atoms with E-state index in [1.807, 2.05) is 0 Å². The molecule has 0 aliphatic carbocycles. The lowest BCUT2D eigenvalue weighted by molar-refractivity contribution is 0.580. The van der Waals surface area contributed by atoms with Gasteiger partial charge in [-0.2, -0.15) is 0 Å². The first-order valence-electron chi connectivity index (χ1n) is 5.33. The third kappa shape index (κ3) is 3.91. The van der Waals surface area contributed by atoms with E-state index >= 15 is 0 Å². The maximum absolute atomic E-state index is 12.1. The Morgan fingerprint density at radius 2 is 1.79 bits per heavy atom. The van der Waals surface area contributed by atoms with E-state index in [4.69, 9.17) is 23.2 Å². The van der Waals surface area contributed by atoms with Crippen molar-refractivity contribution in [2.75, 3.05) is 0 Å². The molecule has 0 radical (unpaired) electrons. The molecule has 0 spiro atoms. The molecule has 2 aromatic rings. The predicted molar refractivity (Wildman–Crippen MR) is 74.7 cm³/mol. The van der Waals surface area contributed by atoms with Crippen molar-refractivity contribution in [1.82, 2.24) is 9.71 Å². The lowest BCUT2D eigenvalue weighted by atomic mass is 10.4. The van der Waals surface area contributed by atoms with E-state index in [9.17, 15) is 8.42 Å². The molecular formula is C12H10Cl2N2O2S. The molecule has 0 atom stereocenters. The molecule has 0 aliphatic heterocycles. The molecule has 0 aliphatic rings. The molecule has 0 amide bonds. The van der Waals surface area contributed by atoms with E-state index in [-0.39, 0.29) is 21.5 Å². The first-order valence-corrected chi connectivity index (χ1v) is 7.57. The SMILES string of the molecule is O=S(=O)(NCc1ccccn1)c1cc(Cl)cc(Cl)c1. The Morgan fingerprint density at radius 3 is 2.37 bits per heavy atom. The fourth-order valence-corrected chi connectivity index (χ4v) is 3.16. The number of benzene rings is 1. The van der Waals surface area contributed by atoms with Gasteiger partial charge in [-0.3, -0.25) is 4.98 Å². The van der Waals surface area contributed by atoms with Crippen molar-refractivity contribution in [2.24, 2.45) is 0 Å². The van der Waals surface area contributed by atoms with E-state index < -0.39 is 10.0 Å². The van der Waals surface area contributed by atoms with Gasteiger partial charge in [-0.1, -0.05) is 29.3 Å². The zero-order valence-electron chi connectivity index (χ0n) is 9.68. The van der Waals surface area contributed by atoms with Crippen molar-refractivity contribution >= 4 is 33.2 Å². The summed E-state index contributed by atoms with van der Waals surface area (Å²) in [5.74, 6) is 0. The van der Waals surface area contributed by atoms with Gasteiger partial charge in [0.05, 0.1) is 17.1 Å². The Morgan fingerprint density at radius 1 is 1.11 bits per heavy atom. The first kappa shape index (κ1) is 14.3. The molecule has 0 fully saturated rings. The van der Waals surface area contributed by atoms with Gasteiger partial charge in [0.15, 0.2) is 0 Å². The maximum Gasteiger partial charge on any atom is 0.241 e. The summed E-state index contributed by atoms with van der Waals surface area (Å²) >= 11 is 11.6. The molecule has 1 N–H and O–H groups in total. The second-order valence-corrected chi connectivity index (χ2v) is 6.39. The van der Waals surface area contributed by atoms with Crippen LogP contribution in [-0.2, 0) is 16.6 Å². The summed E-state index contributed by atoms with van der Waals surface area (Å²) in [6.45, 7) is 0.104. The summed E-state index contributed by atoms with van der Waals surface area (Å²) in [6.07, 6.45) is 1.60. The minimum atomic E-state index is -3.66. The number of halogens is 2. The van der Waals surface area contributed by atoms with E-state index in [1.54, 1.807) is 24.4 Å². The minimum absolute atomic E-state index is 0.0286. The van der Waals surface area contributed by atoms with Crippen molar-refractivity contribution in [1.29, 1.82) is 0 Å². The van der Waals surface area contributed by atoms with Crippen LogP contribution in [0.4, 0.5) is 0 Å². The van der Waals surface area contributed by atoms with Crippen molar-refractivity contribution in [2.45, 2.75) is 11.4 Å². The minimum Gasteiger partial charge on any atom is -0.260 e. The summed E-state index contributed by atoms with van der Waals surface area (Å²) in [6, 6.07) is 9.43. The predicted octanol–water partition coefficient (Wildman–Crippen LogP) is 2.87. The molecule has 1 aromatic carbocycles. The van der Waals surface area contributed by atoms with Crippen LogP contribution in [0.25, 0.3) is 0 Å². The second-order valence-electron chi connectivity index (χ2n) is 3.75. The average Bonchev–Trinajstić information content (AvgIpc) is 2.37. The van der Waals surface area contributed by atoms with E-state index in [0.717, 1.165) is 0 Å². The van der Waals surface area contributed by atoms with Gasteiger partial charge in [0.1, 0.15) is 0 Å². The van der Waals surface area contributed by atoms with Gasteiger partial charge in [-0.25, -0.2) is 13.1 Å². The number of nitrogens with zero attached hydrogens (tertiary/aromatic N) is 1. The zero-order chi connectivity index (χ0) is 13.9. The Kier molecular flexibility index (Phi) is 4.42. The van der Waals surface area contributed by atoms with Gasteiger partial charge >= 0.3 is 0 Å². The molecule has 19 heavy (non-hydrogen) atoms. The van der Waals surface area contributed by atoms with Crippen molar-refractivity contribution in [3.63, 3.8) is 0 Å². The van der Waals surface area contributed by atoms with Crippen LogP contribution in [-0.4, -0.2) is 13.4 Å². The summed E-state index contributed by atoms with van der Waals surface area (Å²) in [5.41, 5.74) is 0.624. The lowest BCUT2D eigenvalue weighted by Gasteiger charge is -2.07. The Labute approximate surface area is 121 Å². The third-order valence-electron chi connectivity index (χ3n) is 2.32. The highest BCUT2D eigenvalue weighted by Crippen LogP contribution is 2.22. The van der Waals surface area contributed by atoms with Crippen LogP contribution < -0.4 is 4.72 Å². The van der Waals surface area contributed by atoms with Crippen LogP contribution in [0.1, 0.15) is 5.69 Å². The Hall–Kier alpha value is -1.14. The van der Waals surface area contributed by atoms with Crippen molar-refractivity contribution in [3.8, 4) is 0 Å². The third-order valence-corrected chi connectivity index (χ3v) is 4.13. The summed E-state index contributed by atoms with van der Waals surface area (Å²) in [4.78, 5) is 4.06. The molecule has 100 valence electrons. The second kappa shape index (κ2) is 5.88. The van der Waals surface area contributed by atoms with Gasteiger partial charge in [-0.05, 0) is 30.3 Å². The van der Waals surface area contributed by atoms with Gasteiger partial charge in [0.2, 0.25) is 10.0 Å². The van der Waals surface area contributed by atoms with Gasteiger partial charge < -0.3 is 0 Å². The monoisotopic (exact) mass is 316 g/mol. The zero-order valence-corrected chi connectivity index (χ0v) is 12.0. The van der Waals surface area contributed by atoms with Crippen LogP contribution in [0, 0.1) is 0 Å². The molecule has 2 rings (SSSR count). The van der Waals surface area contributed by atoms with Crippen LogP contribution in [0.5, 0.6) is 0 Å². The lowest BCUT2D eigenvalue weighted by Crippen LogP contribution is -2.23. The van der Waals surface area contributed by atoms with Crippen LogP contribution in [0.15, 0.2) is 47.5 Å². The van der Waals surface area contributed by atoms with Gasteiger partial charge in [0.25, 0.3) is 0 Å². The number of pyridine rings is 1. The number of hydrogen-bond donors (Lipinski definition) is 1. The van der Waals surface area contributed by atoms with Crippen molar-refractivity contribution in [3.05, 3.63) is 58.3 Å². The highest BCUT2D eigenvalue weighted by atomic mass is 35.5. The molecule has 0 saturated heterocycles. The smallest absolute Gasteiger partial charge is 0.241 e. The van der Waals surface area contributed by atoms with E-state index in [1.165, 1.54) is 18.2 Å². The Bertz CT molecular complexity index is 655. The number of rotatable bonds is 4. The first-order chi connectivity index (χ1) is 8.97. The number of nitrogens with one attached hydrogen (secondary N) is 1. The van der Waals surface area contributed by atoms with Crippen LogP contribution >= 0.6 is 23.2 Å². The summed E-state index contributed by atoms with van der Waals surface area (Å²) < 4.78 is 26.5. The highest BCUT2D eigenvalue weighted by Gasteiger charge is 2.15. The molecule has 0 saturated carbocycles. The number of aromatic nitrogens is 1. The maximum atomic E-state index is 12.1. The number of hydrogen-bond acceptors (Lipinski definition) is 3. The Balaban J connectivity index is 2.19. The molecule has 0 bridgehead atoms. The summed E-state index contributed by atoms with van der Waals surface area (Å²) in [7, 11) is -3.66. The normalized spacial score (nSPS) is 11.5. The quantitative estimate of drug-likeness (QED) is 0.943. The van der Waals surface area contributed by atoms with Crippen LogP contribution in [0.2, 0.25) is 10.0 Å². The highest BCUT2D eigenvalue weighted by molar-refractivity contribution is 7.89. The standard InChI is InChI=1S/C12H10Cl2N2O2S/c13-9-5-10(14)7-12(6-9)19(17,18)16-8-11-3-1-2-4-15-11/h1-7,16H,8H2. The largest absolute Gasteiger partial charge is 0.260 e. The molecule has 1 aromatic heterocycles. The van der Waals surface area contributed by atoms with Crippen molar-refractivity contribution < 1.29 is 8.42 Å². The number of sulfonamides is 1. The average molecular weight is 317 g/mol. The molecule has 1 heterocycles. The van der Waals surface area contributed by atoms with E-state index in [2.05, 4.69) is 9.71 Å². The van der Waals surface area contributed by atoms with Gasteiger partial charge in [0, 0.05) is 16.2 Å². The van der Waals surface area contributed by atoms with E-state index in [0.29, 0.717) is 5.69 Å². The fraction of sp³-hybridized carbons (Fsp3) is 0.0833. The van der Waals surface area contributed by atoms with Gasteiger partial charge in [-0.15, -0.1) is 0 Å². The van der Waals surface area contributed by atoms with Crippen LogP contribution in [0.3, 0.4) is 0 Å². The molecular weight excluding hydrogens is 307 g/mol. The molecule has 4 nitrogen and oxygen atoms in total. The summed E-state index contributed by atoms with van der Waals surface area (Å²) in [5, 5.41) is 0.538. The fourth-order valence-electron chi connectivity index (χ4n) is 1.44. The molecule has 0 unspecified atom stereocenters.